The average Bonchev–Trinajstić information content (AvgIpc) is 2.18. The lowest BCUT2D eigenvalue weighted by Crippen LogP contribution is -2.14. The lowest BCUT2D eigenvalue weighted by atomic mass is 10.2. The molecule has 0 unspecified atom stereocenters. The maximum absolute atomic E-state index is 11.2. The Morgan fingerprint density at radius 3 is 2.85 bits per heavy atom. The highest BCUT2D eigenvalue weighted by atomic mass is 16.5. The van der Waals surface area contributed by atoms with Gasteiger partial charge in [0.05, 0.1) is 19.3 Å². The van der Waals surface area contributed by atoms with Crippen LogP contribution in [0, 0.1) is 0 Å². The quantitative estimate of drug-likeness (QED) is 0.533. The number of nitrogens with two attached hydrogens (primary N) is 1. The van der Waals surface area contributed by atoms with Gasteiger partial charge < -0.3 is 15.8 Å². The van der Waals surface area contributed by atoms with Gasteiger partial charge in [0, 0.05) is 5.69 Å². The molecule has 0 fully saturated rings. The van der Waals surface area contributed by atoms with Crippen LogP contribution in [0.1, 0.15) is 10.4 Å². The molecular formula is C9H12N2O2. The average molecular weight is 180 g/mol. The molecule has 0 aliphatic heterocycles. The van der Waals surface area contributed by atoms with Crippen LogP contribution in [-0.2, 0) is 4.74 Å². The maximum atomic E-state index is 11.2. The molecule has 1 aromatic carbocycles. The summed E-state index contributed by atoms with van der Waals surface area (Å²) >= 11 is 0. The van der Waals surface area contributed by atoms with Gasteiger partial charge in [0.2, 0.25) is 0 Å². The number of carbonyl (C=O) groups excluding carboxylic acids is 1. The zero-order valence-electron chi connectivity index (χ0n) is 7.41. The zero-order chi connectivity index (χ0) is 9.68. The van der Waals surface area contributed by atoms with Crippen molar-refractivity contribution in [2.75, 3.05) is 19.1 Å². The van der Waals surface area contributed by atoms with Gasteiger partial charge in [-0.25, -0.2) is 4.79 Å². The van der Waals surface area contributed by atoms with Gasteiger partial charge in [0.1, 0.15) is 0 Å². The number of hydrogen-bond acceptors (Lipinski definition) is 4. The molecule has 3 N–H and O–H groups in total. The van der Waals surface area contributed by atoms with Crippen LogP contribution in [0.2, 0.25) is 0 Å². The molecule has 1 rings (SSSR count). The number of rotatable bonds is 3. The first-order valence-electron chi connectivity index (χ1n) is 3.91. The van der Waals surface area contributed by atoms with Crippen molar-refractivity contribution in [1.82, 2.24) is 0 Å². The van der Waals surface area contributed by atoms with Crippen molar-refractivity contribution in [2.45, 2.75) is 0 Å². The number of nitrogens with one attached hydrogen (secondary N) is 1. The predicted octanol–water partition coefficient (Wildman–Crippen LogP) is 0.801. The first-order chi connectivity index (χ1) is 6.29. The molecule has 4 nitrogen and oxygen atoms in total. The molecule has 0 amide bonds. The van der Waals surface area contributed by atoms with E-state index >= 15 is 0 Å². The number of benzene rings is 1. The lowest BCUT2D eigenvalue weighted by Gasteiger charge is -2.07. The molecule has 0 heterocycles. The van der Waals surface area contributed by atoms with E-state index in [2.05, 4.69) is 10.1 Å². The Balaban J connectivity index is 2.97. The van der Waals surface area contributed by atoms with Gasteiger partial charge in [0.15, 0.2) is 0 Å². The van der Waals surface area contributed by atoms with Crippen LogP contribution in [0.15, 0.2) is 24.3 Å². The molecule has 0 bridgehead atoms. The van der Waals surface area contributed by atoms with Crippen molar-refractivity contribution < 1.29 is 9.53 Å². The molecule has 0 aliphatic rings. The highest BCUT2D eigenvalue weighted by Crippen LogP contribution is 2.14. The second-order valence-electron chi connectivity index (χ2n) is 2.42. The summed E-state index contributed by atoms with van der Waals surface area (Å²) in [6, 6.07) is 7.06. The highest BCUT2D eigenvalue weighted by molar-refractivity contribution is 5.95. The summed E-state index contributed by atoms with van der Waals surface area (Å²) in [5, 5.41) is 2.87. The summed E-state index contributed by atoms with van der Waals surface area (Å²) in [4.78, 5) is 11.2. The summed E-state index contributed by atoms with van der Waals surface area (Å²) in [7, 11) is 1.35. The summed E-state index contributed by atoms with van der Waals surface area (Å²) in [5.41, 5.74) is 6.50. The molecule has 0 saturated carbocycles. The first-order valence-corrected chi connectivity index (χ1v) is 3.91. The minimum atomic E-state index is -0.364. The van der Waals surface area contributed by atoms with E-state index in [1.807, 2.05) is 6.07 Å². The third-order valence-electron chi connectivity index (χ3n) is 1.62. The second-order valence-corrected chi connectivity index (χ2v) is 2.42. The smallest absolute Gasteiger partial charge is 0.339 e. The van der Waals surface area contributed by atoms with Crippen LogP contribution in [0.25, 0.3) is 0 Å². The fourth-order valence-corrected chi connectivity index (χ4v) is 1.04. The van der Waals surface area contributed by atoms with Gasteiger partial charge in [-0.1, -0.05) is 12.1 Å². The van der Waals surface area contributed by atoms with E-state index in [1.165, 1.54) is 7.11 Å². The van der Waals surface area contributed by atoms with Crippen LogP contribution in [-0.4, -0.2) is 19.7 Å². The minimum absolute atomic E-state index is 0.286. The van der Waals surface area contributed by atoms with E-state index in [9.17, 15) is 4.79 Å². The summed E-state index contributed by atoms with van der Waals surface area (Å²) < 4.78 is 4.60. The predicted molar refractivity (Wildman–Crippen MR) is 50.5 cm³/mol. The number of methoxy groups -OCH3 is 1. The first kappa shape index (κ1) is 9.54. The maximum Gasteiger partial charge on any atom is 0.339 e. The number of anilines is 1. The van der Waals surface area contributed by atoms with Crippen molar-refractivity contribution in [1.29, 1.82) is 0 Å². The van der Waals surface area contributed by atoms with Crippen LogP contribution < -0.4 is 11.1 Å². The molecule has 0 aliphatic carbocycles. The molecule has 1 aromatic rings. The Labute approximate surface area is 76.7 Å². The van der Waals surface area contributed by atoms with Crippen LogP contribution in [0.5, 0.6) is 0 Å². The van der Waals surface area contributed by atoms with Gasteiger partial charge in [0.25, 0.3) is 0 Å². The molecule has 0 radical (unpaired) electrons. The van der Waals surface area contributed by atoms with Gasteiger partial charge in [-0.2, -0.15) is 0 Å². The Morgan fingerprint density at radius 1 is 1.54 bits per heavy atom. The number of para-hydroxylation sites is 1. The molecule has 0 saturated heterocycles. The van der Waals surface area contributed by atoms with Crippen molar-refractivity contribution in [3.05, 3.63) is 29.8 Å². The number of ether oxygens (including phenoxy) is 1. The fourth-order valence-electron chi connectivity index (χ4n) is 1.04. The standard InChI is InChI=1S/C9H12N2O2/c1-13-9(12)7-4-2-3-5-8(7)11-6-10/h2-5,11H,6,10H2,1H3. The molecule has 0 spiro atoms. The van der Waals surface area contributed by atoms with Crippen LogP contribution in [0.3, 0.4) is 0 Å². The molecule has 4 heteroatoms. The molecule has 0 atom stereocenters. The fraction of sp³-hybridized carbons (Fsp3) is 0.222. The molecule has 70 valence electrons. The van der Waals surface area contributed by atoms with E-state index in [1.54, 1.807) is 18.2 Å². The highest BCUT2D eigenvalue weighted by Gasteiger charge is 2.09. The van der Waals surface area contributed by atoms with Crippen molar-refractivity contribution in [3.8, 4) is 0 Å². The summed E-state index contributed by atoms with van der Waals surface area (Å²) in [6.07, 6.45) is 0. The van der Waals surface area contributed by atoms with Crippen LogP contribution >= 0.6 is 0 Å². The summed E-state index contributed by atoms with van der Waals surface area (Å²) in [5.74, 6) is -0.364. The largest absolute Gasteiger partial charge is 0.465 e. The van der Waals surface area contributed by atoms with Gasteiger partial charge in [-0.05, 0) is 12.1 Å². The van der Waals surface area contributed by atoms with Gasteiger partial charge in [-0.15, -0.1) is 0 Å². The molecular weight excluding hydrogens is 168 g/mol. The van der Waals surface area contributed by atoms with Crippen LogP contribution in [0.4, 0.5) is 5.69 Å². The van der Waals surface area contributed by atoms with E-state index in [0.717, 1.165) is 0 Å². The lowest BCUT2D eigenvalue weighted by molar-refractivity contribution is 0.0602. The Morgan fingerprint density at radius 2 is 2.23 bits per heavy atom. The Bertz CT molecular complexity index is 299. The Kier molecular flexibility index (Phi) is 3.28. The summed E-state index contributed by atoms with van der Waals surface area (Å²) in [6.45, 7) is 0.286. The van der Waals surface area contributed by atoms with Gasteiger partial charge >= 0.3 is 5.97 Å². The minimum Gasteiger partial charge on any atom is -0.465 e. The van der Waals surface area contributed by atoms with Crippen molar-refractivity contribution in [2.24, 2.45) is 5.73 Å². The van der Waals surface area contributed by atoms with Crippen molar-refractivity contribution >= 4 is 11.7 Å². The van der Waals surface area contributed by atoms with E-state index in [-0.39, 0.29) is 12.6 Å². The number of hydrogen-bond donors (Lipinski definition) is 2. The van der Waals surface area contributed by atoms with E-state index < -0.39 is 0 Å². The monoisotopic (exact) mass is 180 g/mol. The number of carbonyl (C=O) groups is 1. The topological polar surface area (TPSA) is 64.3 Å². The van der Waals surface area contributed by atoms with E-state index in [0.29, 0.717) is 11.3 Å². The number of esters is 1. The SMILES string of the molecule is COC(=O)c1ccccc1NCN. The zero-order valence-corrected chi connectivity index (χ0v) is 7.41. The van der Waals surface area contributed by atoms with Crippen molar-refractivity contribution in [3.63, 3.8) is 0 Å². The molecule has 0 aromatic heterocycles. The normalized spacial score (nSPS) is 9.38. The Hall–Kier alpha value is -1.55. The third kappa shape index (κ3) is 2.19. The van der Waals surface area contributed by atoms with Gasteiger partial charge in [-0.3, -0.25) is 0 Å². The second kappa shape index (κ2) is 4.47. The van der Waals surface area contributed by atoms with E-state index in [4.69, 9.17) is 5.73 Å². The third-order valence-corrected chi connectivity index (χ3v) is 1.62. The molecule has 13 heavy (non-hydrogen) atoms.